The summed E-state index contributed by atoms with van der Waals surface area (Å²) in [6.07, 6.45) is 7.87. The lowest BCUT2D eigenvalue weighted by Crippen LogP contribution is -2.33. The molecular weight excluding hydrogens is 380 g/mol. The van der Waals surface area contributed by atoms with E-state index < -0.39 is 11.7 Å². The van der Waals surface area contributed by atoms with Crippen molar-refractivity contribution in [3.8, 4) is 6.07 Å². The number of carbonyl (C=O) groups excluding carboxylic acids is 1. The Labute approximate surface area is 175 Å². The number of aromatic amines is 1. The molecule has 8 heteroatoms. The fourth-order valence-corrected chi connectivity index (χ4v) is 4.36. The summed E-state index contributed by atoms with van der Waals surface area (Å²) < 4.78 is 7.65. The molecule has 0 aliphatic heterocycles. The summed E-state index contributed by atoms with van der Waals surface area (Å²) in [6, 6.07) is 4.61. The van der Waals surface area contributed by atoms with Crippen molar-refractivity contribution in [3.05, 3.63) is 24.3 Å². The number of nitrogens with one attached hydrogen (secondary N) is 2. The van der Waals surface area contributed by atoms with Crippen LogP contribution in [0.4, 0.5) is 4.79 Å². The standard InChI is InChI=1S/C22H28N6O2/c1-22(2,3)30-21(29)26-13-18-27-17-12-25-20-16(9-11-24-20)19(17)28(18)15-6-4-14(5-7-15)8-10-23/h9,11-12,14-15H,4-8,13H2,1-3H3,(H,24,25)(H,26,29). The van der Waals surface area contributed by atoms with Crippen LogP contribution in [-0.2, 0) is 11.3 Å². The van der Waals surface area contributed by atoms with E-state index in [9.17, 15) is 4.79 Å². The minimum atomic E-state index is -0.551. The zero-order valence-corrected chi connectivity index (χ0v) is 17.7. The number of aromatic nitrogens is 4. The number of ether oxygens (including phenoxy) is 1. The van der Waals surface area contributed by atoms with E-state index in [1.807, 2.05) is 33.0 Å². The third kappa shape index (κ3) is 4.11. The Kier molecular flexibility index (Phi) is 5.37. The lowest BCUT2D eigenvalue weighted by molar-refractivity contribution is 0.0521. The molecule has 8 nitrogen and oxygen atoms in total. The van der Waals surface area contributed by atoms with Crippen molar-refractivity contribution >= 4 is 28.2 Å². The Balaban J connectivity index is 1.67. The average molecular weight is 409 g/mol. The van der Waals surface area contributed by atoms with Crippen LogP contribution in [0.25, 0.3) is 22.1 Å². The normalized spacial score (nSPS) is 19.7. The quantitative estimate of drug-likeness (QED) is 0.657. The fourth-order valence-electron chi connectivity index (χ4n) is 4.36. The molecule has 0 bridgehead atoms. The van der Waals surface area contributed by atoms with Crippen LogP contribution < -0.4 is 5.32 Å². The summed E-state index contributed by atoms with van der Waals surface area (Å²) in [5, 5.41) is 12.9. The predicted octanol–water partition coefficient (Wildman–Crippen LogP) is 4.58. The van der Waals surface area contributed by atoms with E-state index in [-0.39, 0.29) is 12.6 Å². The molecule has 3 aromatic rings. The zero-order valence-electron chi connectivity index (χ0n) is 17.7. The van der Waals surface area contributed by atoms with Gasteiger partial charge in [-0.25, -0.2) is 14.8 Å². The second-order valence-electron chi connectivity index (χ2n) is 9.02. The monoisotopic (exact) mass is 408 g/mol. The van der Waals surface area contributed by atoms with Crippen molar-refractivity contribution in [2.24, 2.45) is 5.92 Å². The molecule has 3 heterocycles. The molecule has 1 saturated carbocycles. The largest absolute Gasteiger partial charge is 0.444 e. The van der Waals surface area contributed by atoms with Crippen LogP contribution >= 0.6 is 0 Å². The number of nitrogens with zero attached hydrogens (tertiary/aromatic N) is 4. The minimum Gasteiger partial charge on any atom is -0.444 e. The third-order valence-electron chi connectivity index (χ3n) is 5.66. The summed E-state index contributed by atoms with van der Waals surface area (Å²) in [5.41, 5.74) is 2.14. The van der Waals surface area contributed by atoms with Crippen molar-refractivity contribution in [1.82, 2.24) is 24.8 Å². The molecule has 1 aliphatic rings. The van der Waals surface area contributed by atoms with Gasteiger partial charge in [0.1, 0.15) is 22.6 Å². The van der Waals surface area contributed by atoms with E-state index in [2.05, 4.69) is 25.9 Å². The number of rotatable bonds is 4. The number of nitriles is 1. The van der Waals surface area contributed by atoms with Gasteiger partial charge in [0.2, 0.25) is 0 Å². The number of imidazole rings is 1. The Morgan fingerprint density at radius 3 is 2.83 bits per heavy atom. The van der Waals surface area contributed by atoms with Gasteiger partial charge in [0.25, 0.3) is 0 Å². The van der Waals surface area contributed by atoms with Crippen molar-refractivity contribution in [2.45, 2.75) is 71.1 Å². The lowest BCUT2D eigenvalue weighted by Gasteiger charge is -2.30. The highest BCUT2D eigenvalue weighted by atomic mass is 16.6. The summed E-state index contributed by atoms with van der Waals surface area (Å²) in [6.45, 7) is 5.81. The summed E-state index contributed by atoms with van der Waals surface area (Å²) in [4.78, 5) is 24.7. The summed E-state index contributed by atoms with van der Waals surface area (Å²) >= 11 is 0. The molecule has 1 fully saturated rings. The van der Waals surface area contributed by atoms with Gasteiger partial charge >= 0.3 is 6.09 Å². The van der Waals surface area contributed by atoms with E-state index in [4.69, 9.17) is 15.0 Å². The second kappa shape index (κ2) is 7.98. The molecule has 1 aliphatic carbocycles. The SMILES string of the molecule is CC(C)(C)OC(=O)NCc1nc2cnc3[nH]ccc3c2n1C1CCC(CC#N)CC1. The van der Waals surface area contributed by atoms with Crippen molar-refractivity contribution < 1.29 is 9.53 Å². The molecule has 4 rings (SSSR count). The van der Waals surface area contributed by atoms with Crippen molar-refractivity contribution in [3.63, 3.8) is 0 Å². The number of fused-ring (bicyclic) bond motifs is 3. The second-order valence-corrected chi connectivity index (χ2v) is 9.02. The molecule has 30 heavy (non-hydrogen) atoms. The Morgan fingerprint density at radius 1 is 1.37 bits per heavy atom. The smallest absolute Gasteiger partial charge is 0.408 e. The number of alkyl carbamates (subject to hydrolysis) is 1. The molecule has 2 N–H and O–H groups in total. The van der Waals surface area contributed by atoms with Crippen molar-refractivity contribution in [2.75, 3.05) is 0 Å². The summed E-state index contributed by atoms with van der Waals surface area (Å²) in [5.74, 6) is 1.27. The van der Waals surface area contributed by atoms with Gasteiger partial charge in [-0.3, -0.25) is 0 Å². The van der Waals surface area contributed by atoms with Crippen LogP contribution in [-0.4, -0.2) is 31.2 Å². The van der Waals surface area contributed by atoms with Gasteiger partial charge < -0.3 is 19.6 Å². The highest BCUT2D eigenvalue weighted by molar-refractivity contribution is 6.01. The first-order chi connectivity index (χ1) is 14.4. The lowest BCUT2D eigenvalue weighted by atomic mass is 9.84. The number of pyridine rings is 1. The molecule has 158 valence electrons. The van der Waals surface area contributed by atoms with E-state index in [0.29, 0.717) is 12.3 Å². The molecule has 0 radical (unpaired) electrons. The number of amides is 1. The van der Waals surface area contributed by atoms with Crippen LogP contribution in [0.5, 0.6) is 0 Å². The number of hydrogen-bond donors (Lipinski definition) is 2. The molecule has 0 saturated heterocycles. The van der Waals surface area contributed by atoms with Crippen LogP contribution in [0.3, 0.4) is 0 Å². The van der Waals surface area contributed by atoms with E-state index in [1.54, 1.807) is 6.20 Å². The third-order valence-corrected chi connectivity index (χ3v) is 5.66. The van der Waals surface area contributed by atoms with Gasteiger partial charge in [-0.2, -0.15) is 5.26 Å². The average Bonchev–Trinajstić information content (AvgIpc) is 3.29. The first-order valence-corrected chi connectivity index (χ1v) is 10.5. The van der Waals surface area contributed by atoms with E-state index >= 15 is 0 Å². The van der Waals surface area contributed by atoms with Crippen LogP contribution in [0, 0.1) is 17.2 Å². The molecular formula is C22H28N6O2. The first kappa shape index (κ1) is 20.2. The molecule has 0 unspecified atom stereocenters. The highest BCUT2D eigenvalue weighted by Crippen LogP contribution is 2.37. The van der Waals surface area contributed by atoms with Gasteiger partial charge in [0, 0.05) is 24.0 Å². The maximum absolute atomic E-state index is 12.2. The topological polar surface area (TPSA) is 109 Å². The van der Waals surface area contributed by atoms with E-state index in [1.165, 1.54) is 0 Å². The fraction of sp³-hybridized carbons (Fsp3) is 0.545. The maximum atomic E-state index is 12.2. The Bertz CT molecular complexity index is 1090. The number of H-pyrrole nitrogens is 1. The highest BCUT2D eigenvalue weighted by Gasteiger charge is 2.27. The van der Waals surface area contributed by atoms with Gasteiger partial charge in [0.05, 0.1) is 24.3 Å². The molecule has 1 amide bonds. The van der Waals surface area contributed by atoms with Gasteiger partial charge in [-0.05, 0) is 58.4 Å². The molecule has 0 spiro atoms. The molecule has 0 aromatic carbocycles. The van der Waals surface area contributed by atoms with E-state index in [0.717, 1.165) is 53.6 Å². The van der Waals surface area contributed by atoms with Gasteiger partial charge in [-0.1, -0.05) is 0 Å². The maximum Gasteiger partial charge on any atom is 0.408 e. The Hall–Kier alpha value is -3.08. The Morgan fingerprint density at radius 2 is 2.13 bits per heavy atom. The number of hydrogen-bond acceptors (Lipinski definition) is 5. The van der Waals surface area contributed by atoms with Gasteiger partial charge in [-0.15, -0.1) is 0 Å². The van der Waals surface area contributed by atoms with Crippen LogP contribution in [0.2, 0.25) is 0 Å². The number of carbonyl (C=O) groups is 1. The minimum absolute atomic E-state index is 0.279. The molecule has 0 atom stereocenters. The van der Waals surface area contributed by atoms with Gasteiger partial charge in [0.15, 0.2) is 0 Å². The first-order valence-electron chi connectivity index (χ1n) is 10.5. The zero-order chi connectivity index (χ0) is 21.3. The van der Waals surface area contributed by atoms with Crippen LogP contribution in [0.15, 0.2) is 18.5 Å². The molecule has 3 aromatic heterocycles. The predicted molar refractivity (Wildman–Crippen MR) is 114 cm³/mol. The van der Waals surface area contributed by atoms with Crippen molar-refractivity contribution in [1.29, 1.82) is 5.26 Å². The van der Waals surface area contributed by atoms with Crippen LogP contribution in [0.1, 0.15) is 64.7 Å². The summed E-state index contributed by atoms with van der Waals surface area (Å²) in [7, 11) is 0.